The van der Waals surface area contributed by atoms with E-state index in [4.69, 9.17) is 4.74 Å². The first-order valence-corrected chi connectivity index (χ1v) is 5.64. The van der Waals surface area contributed by atoms with Crippen molar-refractivity contribution < 1.29 is 14.6 Å². The number of ether oxygens (including phenoxy) is 1. The van der Waals surface area contributed by atoms with Crippen molar-refractivity contribution >= 4 is 5.97 Å². The van der Waals surface area contributed by atoms with Crippen LogP contribution in [0.15, 0.2) is 0 Å². The molecule has 1 N–H and O–H groups in total. The number of β-amino-alcohol motifs (C(OH)–C–C–N with tert-alkyl or cyclic N) is 1. The Labute approximate surface area is 91.2 Å². The maximum atomic E-state index is 11.3. The van der Waals surface area contributed by atoms with E-state index in [9.17, 15) is 9.90 Å². The summed E-state index contributed by atoms with van der Waals surface area (Å²) in [6.45, 7) is 6.02. The molecule has 4 heteroatoms. The van der Waals surface area contributed by atoms with E-state index in [1.807, 2.05) is 4.90 Å². The second kappa shape index (κ2) is 5.47. The van der Waals surface area contributed by atoms with E-state index < -0.39 is 5.60 Å². The van der Waals surface area contributed by atoms with Gasteiger partial charge in [-0.1, -0.05) is 13.3 Å². The summed E-state index contributed by atoms with van der Waals surface area (Å²) >= 11 is 0. The van der Waals surface area contributed by atoms with Crippen molar-refractivity contribution in [2.45, 2.75) is 38.7 Å². The smallest absolute Gasteiger partial charge is 0.320 e. The number of unbranched alkanes of at least 4 members (excludes halogenated alkanes) is 1. The van der Waals surface area contributed by atoms with Gasteiger partial charge in [0.25, 0.3) is 0 Å². The van der Waals surface area contributed by atoms with Crippen molar-refractivity contribution in [2.24, 2.45) is 0 Å². The Hall–Kier alpha value is -0.610. The largest absolute Gasteiger partial charge is 0.465 e. The van der Waals surface area contributed by atoms with Crippen molar-refractivity contribution in [3.8, 4) is 0 Å². The van der Waals surface area contributed by atoms with E-state index in [1.165, 1.54) is 0 Å². The zero-order valence-corrected chi connectivity index (χ0v) is 9.66. The number of carbonyl (C=O) groups excluding carboxylic acids is 1. The first-order chi connectivity index (χ1) is 7.03. The fourth-order valence-corrected chi connectivity index (χ4v) is 1.73. The van der Waals surface area contributed by atoms with Crippen molar-refractivity contribution in [3.05, 3.63) is 0 Å². The summed E-state index contributed by atoms with van der Waals surface area (Å²) in [5.41, 5.74) is -0.635. The number of hydrogen-bond acceptors (Lipinski definition) is 4. The Bertz CT molecular complexity index is 216. The summed E-state index contributed by atoms with van der Waals surface area (Å²) in [6.07, 6.45) is 2.68. The molecule has 1 heterocycles. The number of rotatable bonds is 5. The number of aliphatic hydroxyl groups is 1. The van der Waals surface area contributed by atoms with Gasteiger partial charge in [0.1, 0.15) is 0 Å². The SMILES string of the molecule is CCCCOC(=O)CN1CCC(C)(O)C1. The minimum absolute atomic E-state index is 0.179. The van der Waals surface area contributed by atoms with Crippen molar-refractivity contribution in [2.75, 3.05) is 26.2 Å². The molecular weight excluding hydrogens is 194 g/mol. The van der Waals surface area contributed by atoms with Gasteiger partial charge in [0.15, 0.2) is 0 Å². The Morgan fingerprint density at radius 3 is 2.87 bits per heavy atom. The predicted octanol–water partition coefficient (Wildman–Crippen LogP) is 0.786. The zero-order chi connectivity index (χ0) is 11.3. The normalized spacial score (nSPS) is 26.9. The van der Waals surface area contributed by atoms with Crippen LogP contribution >= 0.6 is 0 Å². The molecule has 1 aliphatic heterocycles. The van der Waals surface area contributed by atoms with Crippen LogP contribution in [0.25, 0.3) is 0 Å². The van der Waals surface area contributed by atoms with Gasteiger partial charge in [-0.3, -0.25) is 9.69 Å². The third-order valence-electron chi connectivity index (χ3n) is 2.64. The number of hydrogen-bond donors (Lipinski definition) is 1. The summed E-state index contributed by atoms with van der Waals surface area (Å²) in [4.78, 5) is 13.3. The lowest BCUT2D eigenvalue weighted by Crippen LogP contribution is -2.33. The Morgan fingerprint density at radius 2 is 2.33 bits per heavy atom. The van der Waals surface area contributed by atoms with Crippen LogP contribution in [0, 0.1) is 0 Å². The lowest BCUT2D eigenvalue weighted by molar-refractivity contribution is -0.144. The molecule has 1 atom stereocenters. The van der Waals surface area contributed by atoms with Crippen LogP contribution in [0.4, 0.5) is 0 Å². The number of carbonyl (C=O) groups is 1. The molecule has 0 aromatic carbocycles. The summed E-state index contributed by atoms with van der Waals surface area (Å²) < 4.78 is 5.05. The minimum atomic E-state index is -0.635. The molecule has 1 saturated heterocycles. The molecule has 1 fully saturated rings. The highest BCUT2D eigenvalue weighted by atomic mass is 16.5. The highest BCUT2D eigenvalue weighted by molar-refractivity contribution is 5.71. The highest BCUT2D eigenvalue weighted by Crippen LogP contribution is 2.19. The zero-order valence-electron chi connectivity index (χ0n) is 9.66. The van der Waals surface area contributed by atoms with Gasteiger partial charge < -0.3 is 9.84 Å². The third kappa shape index (κ3) is 4.62. The average molecular weight is 215 g/mol. The maximum absolute atomic E-state index is 11.3. The van der Waals surface area contributed by atoms with E-state index in [1.54, 1.807) is 6.92 Å². The summed E-state index contributed by atoms with van der Waals surface area (Å²) in [5, 5.41) is 9.70. The summed E-state index contributed by atoms with van der Waals surface area (Å²) in [5.74, 6) is -0.179. The highest BCUT2D eigenvalue weighted by Gasteiger charge is 2.32. The molecule has 0 amide bonds. The van der Waals surface area contributed by atoms with E-state index in [2.05, 4.69) is 6.92 Å². The molecule has 0 spiro atoms. The molecule has 4 nitrogen and oxygen atoms in total. The van der Waals surface area contributed by atoms with Gasteiger partial charge >= 0.3 is 5.97 Å². The van der Waals surface area contributed by atoms with E-state index in [0.717, 1.165) is 25.8 Å². The Morgan fingerprint density at radius 1 is 1.60 bits per heavy atom. The van der Waals surface area contributed by atoms with Gasteiger partial charge in [-0.25, -0.2) is 0 Å². The molecule has 0 bridgehead atoms. The Kier molecular flexibility index (Phi) is 4.54. The van der Waals surface area contributed by atoms with Gasteiger partial charge in [-0.05, 0) is 19.8 Å². The fourth-order valence-electron chi connectivity index (χ4n) is 1.73. The average Bonchev–Trinajstić information content (AvgIpc) is 2.46. The second-order valence-corrected chi connectivity index (χ2v) is 4.53. The van der Waals surface area contributed by atoms with Crippen LogP contribution < -0.4 is 0 Å². The number of esters is 1. The maximum Gasteiger partial charge on any atom is 0.320 e. The molecule has 15 heavy (non-hydrogen) atoms. The van der Waals surface area contributed by atoms with Crippen LogP contribution in [0.3, 0.4) is 0 Å². The standard InChI is InChI=1S/C11H21NO3/c1-3-4-7-15-10(13)8-12-6-5-11(2,14)9-12/h14H,3-9H2,1-2H3. The number of nitrogens with zero attached hydrogens (tertiary/aromatic N) is 1. The van der Waals surface area contributed by atoms with E-state index >= 15 is 0 Å². The quantitative estimate of drug-likeness (QED) is 0.544. The monoisotopic (exact) mass is 215 g/mol. The molecule has 0 radical (unpaired) electrons. The summed E-state index contributed by atoms with van der Waals surface area (Å²) in [7, 11) is 0. The lowest BCUT2D eigenvalue weighted by Gasteiger charge is -2.17. The number of likely N-dealkylation sites (tertiary alicyclic amines) is 1. The van der Waals surface area contributed by atoms with E-state index in [-0.39, 0.29) is 5.97 Å². The molecule has 88 valence electrons. The van der Waals surface area contributed by atoms with Crippen LogP contribution in [0.5, 0.6) is 0 Å². The first kappa shape index (κ1) is 12.5. The minimum Gasteiger partial charge on any atom is -0.465 e. The third-order valence-corrected chi connectivity index (χ3v) is 2.64. The van der Waals surface area contributed by atoms with Crippen LogP contribution in [-0.2, 0) is 9.53 Å². The molecule has 0 saturated carbocycles. The molecule has 0 aromatic heterocycles. The van der Waals surface area contributed by atoms with Crippen molar-refractivity contribution in [3.63, 3.8) is 0 Å². The van der Waals surface area contributed by atoms with Crippen molar-refractivity contribution in [1.29, 1.82) is 0 Å². The molecular formula is C11H21NO3. The molecule has 0 aliphatic carbocycles. The van der Waals surface area contributed by atoms with Gasteiger partial charge in [-0.15, -0.1) is 0 Å². The van der Waals surface area contributed by atoms with Crippen LogP contribution in [0.2, 0.25) is 0 Å². The van der Waals surface area contributed by atoms with Crippen LogP contribution in [-0.4, -0.2) is 47.8 Å². The topological polar surface area (TPSA) is 49.8 Å². The van der Waals surface area contributed by atoms with Crippen molar-refractivity contribution in [1.82, 2.24) is 4.90 Å². The predicted molar refractivity (Wildman–Crippen MR) is 57.5 cm³/mol. The van der Waals surface area contributed by atoms with Gasteiger partial charge in [0.2, 0.25) is 0 Å². The molecule has 1 unspecified atom stereocenters. The first-order valence-electron chi connectivity index (χ1n) is 5.64. The van der Waals surface area contributed by atoms with Gasteiger partial charge in [0, 0.05) is 13.1 Å². The van der Waals surface area contributed by atoms with E-state index in [0.29, 0.717) is 19.7 Å². The second-order valence-electron chi connectivity index (χ2n) is 4.53. The lowest BCUT2D eigenvalue weighted by atomic mass is 10.1. The fraction of sp³-hybridized carbons (Fsp3) is 0.909. The molecule has 1 rings (SSSR count). The van der Waals surface area contributed by atoms with Gasteiger partial charge in [0.05, 0.1) is 18.8 Å². The Balaban J connectivity index is 2.16. The molecule has 1 aliphatic rings. The van der Waals surface area contributed by atoms with Gasteiger partial charge in [-0.2, -0.15) is 0 Å². The summed E-state index contributed by atoms with van der Waals surface area (Å²) in [6, 6.07) is 0. The molecule has 0 aromatic rings. The van der Waals surface area contributed by atoms with Crippen LogP contribution in [0.1, 0.15) is 33.1 Å².